The summed E-state index contributed by atoms with van der Waals surface area (Å²) in [4.78, 5) is 38.9. The van der Waals surface area contributed by atoms with Gasteiger partial charge in [-0.05, 0) is 72.3 Å². The van der Waals surface area contributed by atoms with Gasteiger partial charge in [0.2, 0.25) is 0 Å². The van der Waals surface area contributed by atoms with E-state index in [4.69, 9.17) is 21.1 Å². The van der Waals surface area contributed by atoms with E-state index in [-0.39, 0.29) is 11.5 Å². The number of ether oxygens (including phenoxy) is 2. The van der Waals surface area contributed by atoms with Gasteiger partial charge in [0.25, 0.3) is 11.8 Å². The van der Waals surface area contributed by atoms with Gasteiger partial charge >= 0.3 is 0 Å². The van der Waals surface area contributed by atoms with Crippen molar-refractivity contribution in [2.45, 2.75) is 0 Å². The largest absolute Gasteiger partial charge is 0.493 e. The van der Waals surface area contributed by atoms with Gasteiger partial charge in [0.15, 0.2) is 17.3 Å². The number of allylic oxidation sites excluding steroid dienone is 1. The molecule has 4 aromatic rings. The van der Waals surface area contributed by atoms with Crippen molar-refractivity contribution in [3.8, 4) is 11.5 Å². The Labute approximate surface area is 243 Å². The van der Waals surface area contributed by atoms with Gasteiger partial charge in [0.1, 0.15) is 5.70 Å². The molecule has 0 bridgehead atoms. The van der Waals surface area contributed by atoms with E-state index in [0.717, 1.165) is 0 Å². The van der Waals surface area contributed by atoms with Crippen LogP contribution in [0, 0.1) is 0 Å². The molecule has 0 saturated heterocycles. The molecule has 0 spiro atoms. The number of amides is 2. The van der Waals surface area contributed by atoms with Crippen molar-refractivity contribution in [1.29, 1.82) is 0 Å². The fourth-order valence-corrected chi connectivity index (χ4v) is 4.10. The second kappa shape index (κ2) is 13.8. The first kappa shape index (κ1) is 28.9. The third kappa shape index (κ3) is 7.50. The van der Waals surface area contributed by atoms with Gasteiger partial charge in [0, 0.05) is 27.4 Å². The number of anilines is 1. The lowest BCUT2D eigenvalue weighted by molar-refractivity contribution is -0.113. The van der Waals surface area contributed by atoms with Gasteiger partial charge in [-0.25, -0.2) is 0 Å². The molecule has 2 N–H and O–H groups in total. The number of ketones is 1. The fraction of sp³-hybridized carbons (Fsp3) is 0.0606. The van der Waals surface area contributed by atoms with Gasteiger partial charge in [0.05, 0.1) is 14.2 Å². The van der Waals surface area contributed by atoms with Gasteiger partial charge in [-0.3, -0.25) is 14.4 Å². The van der Waals surface area contributed by atoms with Crippen LogP contribution in [0.5, 0.6) is 11.5 Å². The maximum absolute atomic E-state index is 13.2. The van der Waals surface area contributed by atoms with Gasteiger partial charge in [-0.1, -0.05) is 60.1 Å². The minimum absolute atomic E-state index is 0.00211. The van der Waals surface area contributed by atoms with Crippen LogP contribution < -0.4 is 20.1 Å². The Bertz CT molecular complexity index is 1610. The number of hydrogen-bond acceptors (Lipinski definition) is 5. The minimum Gasteiger partial charge on any atom is -0.493 e. The van der Waals surface area contributed by atoms with Crippen molar-refractivity contribution in [3.63, 3.8) is 0 Å². The van der Waals surface area contributed by atoms with Crippen molar-refractivity contribution < 1.29 is 23.9 Å². The molecule has 0 aromatic heterocycles. The SMILES string of the molecule is COc1cccc(/C=C/C(=O)c2ccc(NC(=O)/C(=C/c3ccccc3Cl)NC(=O)c3ccccc3)cc2)c1OC. The van der Waals surface area contributed by atoms with Crippen LogP contribution in [-0.4, -0.2) is 31.8 Å². The van der Waals surface area contributed by atoms with Crippen LogP contribution >= 0.6 is 11.6 Å². The summed E-state index contributed by atoms with van der Waals surface area (Å²) < 4.78 is 10.7. The summed E-state index contributed by atoms with van der Waals surface area (Å²) in [7, 11) is 3.08. The molecule has 206 valence electrons. The molecular formula is C33H27ClN2O5. The van der Waals surface area contributed by atoms with E-state index >= 15 is 0 Å². The van der Waals surface area contributed by atoms with E-state index in [1.165, 1.54) is 19.3 Å². The number of rotatable bonds is 10. The highest BCUT2D eigenvalue weighted by molar-refractivity contribution is 6.32. The number of para-hydroxylation sites is 1. The number of nitrogens with one attached hydrogen (secondary N) is 2. The number of carbonyl (C=O) groups is 3. The summed E-state index contributed by atoms with van der Waals surface area (Å²) in [5.74, 6) is -0.151. The van der Waals surface area contributed by atoms with Crippen LogP contribution in [0.2, 0.25) is 5.02 Å². The third-order valence-corrected chi connectivity index (χ3v) is 6.35. The van der Waals surface area contributed by atoms with E-state index in [1.807, 2.05) is 6.07 Å². The quantitative estimate of drug-likeness (QED) is 0.165. The number of carbonyl (C=O) groups excluding carboxylic acids is 3. The van der Waals surface area contributed by atoms with Crippen LogP contribution in [0.3, 0.4) is 0 Å². The average molecular weight is 567 g/mol. The van der Waals surface area contributed by atoms with Crippen LogP contribution in [-0.2, 0) is 4.79 Å². The second-order valence-electron chi connectivity index (χ2n) is 8.71. The first-order valence-corrected chi connectivity index (χ1v) is 12.9. The smallest absolute Gasteiger partial charge is 0.272 e. The normalized spacial score (nSPS) is 11.1. The molecular weight excluding hydrogens is 540 g/mol. The van der Waals surface area contributed by atoms with E-state index in [2.05, 4.69) is 10.6 Å². The molecule has 0 aliphatic heterocycles. The van der Waals surface area contributed by atoms with Gasteiger partial charge in [-0.15, -0.1) is 0 Å². The molecule has 7 nitrogen and oxygen atoms in total. The summed E-state index contributed by atoms with van der Waals surface area (Å²) in [6, 6.07) is 27.3. The molecule has 0 unspecified atom stereocenters. The third-order valence-electron chi connectivity index (χ3n) is 6.01. The maximum atomic E-state index is 13.2. The lowest BCUT2D eigenvalue weighted by Gasteiger charge is -2.12. The first-order chi connectivity index (χ1) is 19.9. The summed E-state index contributed by atoms with van der Waals surface area (Å²) in [5.41, 5.74) is 2.51. The Kier molecular flexibility index (Phi) is 9.70. The zero-order valence-electron chi connectivity index (χ0n) is 22.4. The molecule has 8 heteroatoms. The van der Waals surface area contributed by atoms with E-state index in [9.17, 15) is 14.4 Å². The number of methoxy groups -OCH3 is 2. The molecule has 0 fully saturated rings. The van der Waals surface area contributed by atoms with E-state index in [1.54, 1.807) is 104 Å². The number of halogens is 1. The minimum atomic E-state index is -0.557. The average Bonchev–Trinajstić information content (AvgIpc) is 3.00. The Hall–Kier alpha value is -5.14. The lowest BCUT2D eigenvalue weighted by atomic mass is 10.1. The highest BCUT2D eigenvalue weighted by Crippen LogP contribution is 2.31. The second-order valence-corrected chi connectivity index (χ2v) is 9.12. The Morgan fingerprint density at radius 3 is 2.10 bits per heavy atom. The van der Waals surface area contributed by atoms with Crippen molar-refractivity contribution in [1.82, 2.24) is 5.32 Å². The molecule has 0 atom stereocenters. The summed E-state index contributed by atoms with van der Waals surface area (Å²) in [5, 5.41) is 5.87. The first-order valence-electron chi connectivity index (χ1n) is 12.6. The lowest BCUT2D eigenvalue weighted by Crippen LogP contribution is -2.30. The molecule has 0 heterocycles. The van der Waals surface area contributed by atoms with E-state index in [0.29, 0.717) is 44.5 Å². The predicted molar refractivity (Wildman–Crippen MR) is 161 cm³/mol. The molecule has 0 aliphatic carbocycles. The zero-order valence-corrected chi connectivity index (χ0v) is 23.1. The van der Waals surface area contributed by atoms with Crippen LogP contribution in [0.1, 0.15) is 31.8 Å². The van der Waals surface area contributed by atoms with Gasteiger partial charge in [-0.2, -0.15) is 0 Å². The number of hydrogen-bond donors (Lipinski definition) is 2. The van der Waals surface area contributed by atoms with Crippen molar-refractivity contribution in [2.75, 3.05) is 19.5 Å². The Morgan fingerprint density at radius 1 is 0.732 bits per heavy atom. The molecule has 2 amide bonds. The van der Waals surface area contributed by atoms with Crippen LogP contribution in [0.15, 0.2) is 109 Å². The Balaban J connectivity index is 1.50. The standard InChI is InChI=1S/C33H27ClN2O5/c1-40-30-14-8-12-23(31(30)41-2)17-20-29(37)22-15-18-26(19-16-22)35-33(39)28(21-25-11-6-7-13-27(25)34)36-32(38)24-9-4-3-5-10-24/h3-21H,1-2H3,(H,35,39)(H,36,38)/b20-17+,28-21-. The molecule has 4 aromatic carbocycles. The number of benzene rings is 4. The van der Waals surface area contributed by atoms with Crippen molar-refractivity contribution in [3.05, 3.63) is 136 Å². The zero-order chi connectivity index (χ0) is 29.2. The van der Waals surface area contributed by atoms with Crippen molar-refractivity contribution in [2.24, 2.45) is 0 Å². The molecule has 0 saturated carbocycles. The molecule has 41 heavy (non-hydrogen) atoms. The monoisotopic (exact) mass is 566 g/mol. The molecule has 0 radical (unpaired) electrons. The summed E-state index contributed by atoms with van der Waals surface area (Å²) >= 11 is 6.29. The summed E-state index contributed by atoms with van der Waals surface area (Å²) in [6.07, 6.45) is 4.60. The summed E-state index contributed by atoms with van der Waals surface area (Å²) in [6.45, 7) is 0. The van der Waals surface area contributed by atoms with Crippen molar-refractivity contribution >= 4 is 47.0 Å². The van der Waals surface area contributed by atoms with Gasteiger partial charge < -0.3 is 20.1 Å². The molecule has 4 rings (SSSR count). The topological polar surface area (TPSA) is 93.7 Å². The van der Waals surface area contributed by atoms with E-state index < -0.39 is 11.8 Å². The Morgan fingerprint density at radius 2 is 1.41 bits per heavy atom. The maximum Gasteiger partial charge on any atom is 0.272 e. The van der Waals surface area contributed by atoms with Crippen LogP contribution in [0.4, 0.5) is 5.69 Å². The predicted octanol–water partition coefficient (Wildman–Crippen LogP) is 6.66. The highest BCUT2D eigenvalue weighted by Gasteiger charge is 2.16. The van der Waals surface area contributed by atoms with Crippen LogP contribution in [0.25, 0.3) is 12.2 Å². The fourth-order valence-electron chi connectivity index (χ4n) is 3.91. The molecule has 0 aliphatic rings. The highest BCUT2D eigenvalue weighted by atomic mass is 35.5.